The first-order valence-corrected chi connectivity index (χ1v) is 5.61. The Morgan fingerprint density at radius 3 is 2.73 bits per heavy atom. The van der Waals surface area contributed by atoms with E-state index in [9.17, 15) is 0 Å². The molecule has 0 aromatic carbocycles. The molecule has 0 aliphatic rings. The fraction of sp³-hybridized carbons (Fsp3) is 0.400. The zero-order valence-corrected chi connectivity index (χ0v) is 9.88. The Kier molecular flexibility index (Phi) is 2.58. The van der Waals surface area contributed by atoms with Crippen LogP contribution < -0.4 is 5.73 Å². The number of rotatable bonds is 2. The number of hydrogen-bond donors (Lipinski definition) is 1. The Labute approximate surface area is 92.8 Å². The van der Waals surface area contributed by atoms with Crippen molar-refractivity contribution in [3.05, 3.63) is 23.0 Å². The van der Waals surface area contributed by atoms with E-state index in [0.717, 1.165) is 21.1 Å². The highest BCUT2D eigenvalue weighted by atomic mass is 32.1. The maximum absolute atomic E-state index is 5.80. The lowest BCUT2D eigenvalue weighted by atomic mass is 10.3. The molecule has 0 saturated carbocycles. The van der Waals surface area contributed by atoms with Gasteiger partial charge in [0.25, 0.3) is 0 Å². The van der Waals surface area contributed by atoms with Crippen molar-refractivity contribution in [3.8, 4) is 10.6 Å². The SMILES string of the molecule is Cc1nn(C)cc1-c1ncc(C(C)N)s1. The minimum absolute atomic E-state index is 0.0493. The van der Waals surface area contributed by atoms with E-state index in [4.69, 9.17) is 5.73 Å². The average molecular weight is 222 g/mol. The second-order valence-electron chi connectivity index (χ2n) is 3.66. The van der Waals surface area contributed by atoms with E-state index < -0.39 is 0 Å². The Hall–Kier alpha value is -1.20. The monoisotopic (exact) mass is 222 g/mol. The third-order valence-corrected chi connectivity index (χ3v) is 3.45. The Bertz CT molecular complexity index is 469. The van der Waals surface area contributed by atoms with Gasteiger partial charge in [0.15, 0.2) is 0 Å². The predicted octanol–water partition coefficient (Wildman–Crippen LogP) is 1.87. The molecule has 0 saturated heterocycles. The lowest BCUT2D eigenvalue weighted by Gasteiger charge is -1.96. The summed E-state index contributed by atoms with van der Waals surface area (Å²) >= 11 is 1.63. The lowest BCUT2D eigenvalue weighted by Crippen LogP contribution is -2.01. The summed E-state index contributed by atoms with van der Waals surface area (Å²) in [7, 11) is 1.91. The minimum atomic E-state index is 0.0493. The van der Waals surface area contributed by atoms with Crippen molar-refractivity contribution in [3.63, 3.8) is 0 Å². The summed E-state index contributed by atoms with van der Waals surface area (Å²) in [4.78, 5) is 5.47. The molecule has 80 valence electrons. The molecule has 0 radical (unpaired) electrons. The maximum Gasteiger partial charge on any atom is 0.127 e. The molecule has 4 nitrogen and oxygen atoms in total. The molecule has 0 spiro atoms. The molecule has 1 unspecified atom stereocenters. The summed E-state index contributed by atoms with van der Waals surface area (Å²) in [6.07, 6.45) is 3.83. The number of nitrogens with zero attached hydrogens (tertiary/aromatic N) is 3. The van der Waals surface area contributed by atoms with Gasteiger partial charge in [-0.3, -0.25) is 4.68 Å². The van der Waals surface area contributed by atoms with Gasteiger partial charge in [0.1, 0.15) is 5.01 Å². The number of thiazole rings is 1. The standard InChI is InChI=1S/C10H14N4S/c1-6(11)9-4-12-10(15-9)8-5-14(3)13-7(8)2/h4-6H,11H2,1-3H3. The molecule has 5 heteroatoms. The number of nitrogens with two attached hydrogens (primary N) is 1. The van der Waals surface area contributed by atoms with Gasteiger partial charge in [0.05, 0.1) is 11.3 Å². The molecule has 0 bridgehead atoms. The largest absolute Gasteiger partial charge is 0.323 e. The summed E-state index contributed by atoms with van der Waals surface area (Å²) in [5.41, 5.74) is 7.89. The zero-order valence-electron chi connectivity index (χ0n) is 9.06. The first-order valence-electron chi connectivity index (χ1n) is 4.80. The molecule has 2 heterocycles. The molecule has 1 atom stereocenters. The quantitative estimate of drug-likeness (QED) is 0.844. The van der Waals surface area contributed by atoms with Crippen LogP contribution >= 0.6 is 11.3 Å². The van der Waals surface area contributed by atoms with Gasteiger partial charge < -0.3 is 5.73 Å². The van der Waals surface area contributed by atoms with Crippen LogP contribution in [0.25, 0.3) is 10.6 Å². The highest BCUT2D eigenvalue weighted by Gasteiger charge is 2.11. The Morgan fingerprint density at radius 1 is 1.53 bits per heavy atom. The van der Waals surface area contributed by atoms with E-state index in [1.54, 1.807) is 16.0 Å². The third-order valence-electron chi connectivity index (χ3n) is 2.22. The molecule has 2 aromatic heterocycles. The first kappa shape index (κ1) is 10.3. The van der Waals surface area contributed by atoms with Gasteiger partial charge in [-0.05, 0) is 13.8 Å². The van der Waals surface area contributed by atoms with Crippen molar-refractivity contribution in [2.24, 2.45) is 12.8 Å². The summed E-state index contributed by atoms with van der Waals surface area (Å²) in [6.45, 7) is 3.95. The van der Waals surface area contributed by atoms with Crippen molar-refractivity contribution < 1.29 is 0 Å². The van der Waals surface area contributed by atoms with E-state index in [1.165, 1.54) is 0 Å². The highest BCUT2D eigenvalue weighted by molar-refractivity contribution is 7.15. The minimum Gasteiger partial charge on any atom is -0.323 e. The normalized spacial score (nSPS) is 13.1. The molecular formula is C10H14N4S. The van der Waals surface area contributed by atoms with Crippen molar-refractivity contribution in [1.29, 1.82) is 0 Å². The molecule has 2 aromatic rings. The van der Waals surface area contributed by atoms with E-state index in [1.807, 2.05) is 33.3 Å². The van der Waals surface area contributed by atoms with E-state index in [2.05, 4.69) is 10.1 Å². The summed E-state index contributed by atoms with van der Waals surface area (Å²) in [5, 5.41) is 5.29. The summed E-state index contributed by atoms with van der Waals surface area (Å²) in [6, 6.07) is 0.0493. The van der Waals surface area contributed by atoms with Gasteiger partial charge in [0.2, 0.25) is 0 Å². The van der Waals surface area contributed by atoms with Gasteiger partial charge >= 0.3 is 0 Å². The van der Waals surface area contributed by atoms with Gasteiger partial charge in [-0.2, -0.15) is 5.10 Å². The Balaban J connectivity index is 2.41. The van der Waals surface area contributed by atoms with E-state index >= 15 is 0 Å². The number of aromatic nitrogens is 3. The van der Waals surface area contributed by atoms with Gasteiger partial charge in [-0.1, -0.05) is 0 Å². The van der Waals surface area contributed by atoms with Crippen LogP contribution in [0.2, 0.25) is 0 Å². The van der Waals surface area contributed by atoms with Gasteiger partial charge in [-0.15, -0.1) is 11.3 Å². The predicted molar refractivity (Wildman–Crippen MR) is 61.7 cm³/mol. The average Bonchev–Trinajstić information content (AvgIpc) is 2.71. The second kappa shape index (κ2) is 3.75. The fourth-order valence-electron chi connectivity index (χ4n) is 1.43. The molecule has 0 aliphatic carbocycles. The van der Waals surface area contributed by atoms with E-state index in [0.29, 0.717) is 0 Å². The van der Waals surface area contributed by atoms with Crippen LogP contribution in [0.15, 0.2) is 12.4 Å². The summed E-state index contributed by atoms with van der Waals surface area (Å²) in [5.74, 6) is 0. The third kappa shape index (κ3) is 1.93. The molecule has 0 aliphatic heterocycles. The molecule has 15 heavy (non-hydrogen) atoms. The molecule has 2 rings (SSSR count). The van der Waals surface area contributed by atoms with Crippen LogP contribution in [0.3, 0.4) is 0 Å². The Morgan fingerprint density at radius 2 is 2.27 bits per heavy atom. The van der Waals surface area contributed by atoms with Crippen LogP contribution in [0.5, 0.6) is 0 Å². The van der Waals surface area contributed by atoms with Crippen molar-refractivity contribution in [1.82, 2.24) is 14.8 Å². The van der Waals surface area contributed by atoms with E-state index in [-0.39, 0.29) is 6.04 Å². The molecule has 2 N–H and O–H groups in total. The van der Waals surface area contributed by atoms with Crippen molar-refractivity contribution in [2.75, 3.05) is 0 Å². The molecule has 0 amide bonds. The van der Waals surface area contributed by atoms with Gasteiger partial charge in [-0.25, -0.2) is 4.98 Å². The smallest absolute Gasteiger partial charge is 0.127 e. The first-order chi connectivity index (χ1) is 7.08. The topological polar surface area (TPSA) is 56.7 Å². The van der Waals surface area contributed by atoms with Gasteiger partial charge in [0, 0.05) is 30.4 Å². The van der Waals surface area contributed by atoms with Crippen LogP contribution in [0.1, 0.15) is 23.5 Å². The molecule has 0 fully saturated rings. The number of hydrogen-bond acceptors (Lipinski definition) is 4. The van der Waals surface area contributed by atoms with Crippen LogP contribution in [-0.4, -0.2) is 14.8 Å². The van der Waals surface area contributed by atoms with Crippen LogP contribution in [-0.2, 0) is 7.05 Å². The lowest BCUT2D eigenvalue weighted by molar-refractivity contribution is 0.756. The molecular weight excluding hydrogens is 208 g/mol. The maximum atomic E-state index is 5.80. The van der Waals surface area contributed by atoms with Crippen LogP contribution in [0, 0.1) is 6.92 Å². The second-order valence-corrected chi connectivity index (χ2v) is 4.72. The number of aryl methyl sites for hydroxylation is 2. The fourth-order valence-corrected chi connectivity index (χ4v) is 2.36. The van der Waals surface area contributed by atoms with Crippen LogP contribution in [0.4, 0.5) is 0 Å². The van der Waals surface area contributed by atoms with Crippen molar-refractivity contribution in [2.45, 2.75) is 19.9 Å². The zero-order chi connectivity index (χ0) is 11.0. The summed E-state index contributed by atoms with van der Waals surface area (Å²) < 4.78 is 1.80. The van der Waals surface area contributed by atoms with Crippen molar-refractivity contribution >= 4 is 11.3 Å². The highest BCUT2D eigenvalue weighted by Crippen LogP contribution is 2.29.